The Bertz CT molecular complexity index is 521. The Morgan fingerprint density at radius 3 is 2.78 bits per heavy atom. The first-order valence-electron chi connectivity index (χ1n) is 10.1. The SMILES string of the molecule is CCCOC(C)(C)C(O)/C=C/[C@H]1CCC(=O)[C@@H]1CCCC/C=C/C(=O)OC. The monoisotopic (exact) mass is 380 g/mol. The zero-order chi connectivity index (χ0) is 20.3. The summed E-state index contributed by atoms with van der Waals surface area (Å²) in [5, 5.41) is 10.4. The van der Waals surface area contributed by atoms with Crippen LogP contribution in [0.15, 0.2) is 24.3 Å². The molecule has 3 atom stereocenters. The number of methoxy groups -OCH3 is 1. The second-order valence-electron chi connectivity index (χ2n) is 7.77. The minimum atomic E-state index is -0.691. The Hall–Kier alpha value is -1.46. The Morgan fingerprint density at radius 1 is 1.37 bits per heavy atom. The van der Waals surface area contributed by atoms with E-state index in [4.69, 9.17) is 4.74 Å². The fourth-order valence-electron chi connectivity index (χ4n) is 3.34. The van der Waals surface area contributed by atoms with E-state index >= 15 is 0 Å². The molecule has 0 radical (unpaired) electrons. The van der Waals surface area contributed by atoms with Gasteiger partial charge in [0.05, 0.1) is 12.7 Å². The van der Waals surface area contributed by atoms with E-state index in [1.807, 2.05) is 32.9 Å². The van der Waals surface area contributed by atoms with E-state index in [-0.39, 0.29) is 17.8 Å². The van der Waals surface area contributed by atoms with Gasteiger partial charge in [0.2, 0.25) is 0 Å². The Kier molecular flexibility index (Phi) is 10.6. The molecular formula is C22H36O5. The first-order chi connectivity index (χ1) is 12.8. The third-order valence-corrected chi connectivity index (χ3v) is 5.18. The average Bonchev–Trinajstić information content (AvgIpc) is 3.00. The standard InChI is InChI=1S/C22H36O5/c1-5-16-27-22(2,3)20(24)15-13-17-12-14-19(23)18(17)10-8-6-7-9-11-21(25)26-4/h9,11,13,15,17-18,20,24H,5-8,10,12,14,16H2,1-4H3/b11-9+,15-13+/t17-,18-,20?/m1/s1. The molecule has 0 heterocycles. The zero-order valence-electron chi connectivity index (χ0n) is 17.3. The highest BCUT2D eigenvalue weighted by atomic mass is 16.5. The summed E-state index contributed by atoms with van der Waals surface area (Å²) >= 11 is 0. The molecular weight excluding hydrogens is 344 g/mol. The van der Waals surface area contributed by atoms with Crippen molar-refractivity contribution < 1.29 is 24.2 Å². The molecule has 1 unspecified atom stereocenters. The van der Waals surface area contributed by atoms with Crippen LogP contribution in [0.3, 0.4) is 0 Å². The fraction of sp³-hybridized carbons (Fsp3) is 0.727. The smallest absolute Gasteiger partial charge is 0.330 e. The Balaban J connectivity index is 2.47. The number of hydrogen-bond donors (Lipinski definition) is 1. The number of ketones is 1. The average molecular weight is 381 g/mol. The van der Waals surface area contributed by atoms with E-state index in [1.54, 1.807) is 6.08 Å². The second-order valence-corrected chi connectivity index (χ2v) is 7.77. The van der Waals surface area contributed by atoms with E-state index in [9.17, 15) is 14.7 Å². The maximum absolute atomic E-state index is 12.2. The van der Waals surface area contributed by atoms with Crippen molar-refractivity contribution in [1.29, 1.82) is 0 Å². The van der Waals surface area contributed by atoms with Crippen molar-refractivity contribution in [3.05, 3.63) is 24.3 Å². The summed E-state index contributed by atoms with van der Waals surface area (Å²) in [5.41, 5.74) is -0.628. The van der Waals surface area contributed by atoms with Crippen LogP contribution in [0.2, 0.25) is 0 Å². The molecule has 1 N–H and O–H groups in total. The van der Waals surface area contributed by atoms with Gasteiger partial charge in [0.1, 0.15) is 11.9 Å². The van der Waals surface area contributed by atoms with Gasteiger partial charge in [-0.2, -0.15) is 0 Å². The predicted molar refractivity (Wildman–Crippen MR) is 106 cm³/mol. The van der Waals surface area contributed by atoms with Gasteiger partial charge in [-0.3, -0.25) is 4.79 Å². The molecule has 1 fully saturated rings. The highest BCUT2D eigenvalue weighted by molar-refractivity contribution is 5.83. The number of allylic oxidation sites excluding steroid dienone is 2. The molecule has 0 aromatic rings. The summed E-state index contributed by atoms with van der Waals surface area (Å²) in [6.07, 6.45) is 12.3. The molecule has 0 aromatic carbocycles. The van der Waals surface area contributed by atoms with Crippen LogP contribution in [-0.4, -0.2) is 42.3 Å². The van der Waals surface area contributed by atoms with Crippen molar-refractivity contribution >= 4 is 11.8 Å². The summed E-state index contributed by atoms with van der Waals surface area (Å²) < 4.78 is 10.3. The lowest BCUT2D eigenvalue weighted by atomic mass is 9.88. The fourth-order valence-corrected chi connectivity index (χ4v) is 3.34. The van der Waals surface area contributed by atoms with E-state index in [0.29, 0.717) is 18.8 Å². The number of unbranched alkanes of at least 4 members (excludes halogenated alkanes) is 2. The molecule has 0 saturated heterocycles. The summed E-state index contributed by atoms with van der Waals surface area (Å²) in [6, 6.07) is 0. The quantitative estimate of drug-likeness (QED) is 0.240. The number of rotatable bonds is 12. The van der Waals surface area contributed by atoms with Crippen molar-refractivity contribution in [3.8, 4) is 0 Å². The third-order valence-electron chi connectivity index (χ3n) is 5.18. The van der Waals surface area contributed by atoms with E-state index in [0.717, 1.165) is 38.5 Å². The normalized spacial score (nSPS) is 22.0. The number of hydrogen-bond acceptors (Lipinski definition) is 5. The lowest BCUT2D eigenvalue weighted by molar-refractivity contribution is -0.134. The van der Waals surface area contributed by atoms with Crippen LogP contribution in [0.5, 0.6) is 0 Å². The number of esters is 1. The maximum atomic E-state index is 12.2. The van der Waals surface area contributed by atoms with Crippen LogP contribution in [0.1, 0.15) is 65.7 Å². The maximum Gasteiger partial charge on any atom is 0.330 e. The van der Waals surface area contributed by atoms with Crippen molar-refractivity contribution in [2.24, 2.45) is 11.8 Å². The van der Waals surface area contributed by atoms with Gasteiger partial charge in [-0.15, -0.1) is 0 Å². The van der Waals surface area contributed by atoms with E-state index in [2.05, 4.69) is 4.74 Å². The third kappa shape index (κ3) is 8.39. The molecule has 0 amide bonds. The largest absolute Gasteiger partial charge is 0.466 e. The Labute approximate surface area is 163 Å². The van der Waals surface area contributed by atoms with Crippen LogP contribution >= 0.6 is 0 Å². The summed E-state index contributed by atoms with van der Waals surface area (Å²) in [7, 11) is 1.36. The molecule has 154 valence electrons. The number of carbonyl (C=O) groups is 2. The zero-order valence-corrected chi connectivity index (χ0v) is 17.3. The molecule has 0 bridgehead atoms. The molecule has 27 heavy (non-hydrogen) atoms. The minimum Gasteiger partial charge on any atom is -0.466 e. The number of Topliss-reactive ketones (excluding diaryl/α,β-unsaturated/α-hetero) is 1. The van der Waals surface area contributed by atoms with Gasteiger partial charge in [-0.25, -0.2) is 4.79 Å². The first-order valence-corrected chi connectivity index (χ1v) is 10.1. The minimum absolute atomic E-state index is 0.0395. The lowest BCUT2D eigenvalue weighted by Gasteiger charge is -2.29. The van der Waals surface area contributed by atoms with Gasteiger partial charge in [0, 0.05) is 25.0 Å². The molecule has 1 rings (SSSR count). The van der Waals surface area contributed by atoms with Crippen LogP contribution in [0.4, 0.5) is 0 Å². The van der Waals surface area contributed by atoms with Crippen LogP contribution in [0, 0.1) is 11.8 Å². The molecule has 5 nitrogen and oxygen atoms in total. The van der Waals surface area contributed by atoms with Gasteiger partial charge < -0.3 is 14.6 Å². The van der Waals surface area contributed by atoms with E-state index in [1.165, 1.54) is 13.2 Å². The first kappa shape index (κ1) is 23.6. The van der Waals surface area contributed by atoms with Gasteiger partial charge in [-0.1, -0.05) is 31.6 Å². The number of ether oxygens (including phenoxy) is 2. The highest BCUT2D eigenvalue weighted by Crippen LogP contribution is 2.34. The summed E-state index contributed by atoms with van der Waals surface area (Å²) in [5.74, 6) is 0.221. The molecule has 1 aliphatic carbocycles. The number of carbonyl (C=O) groups excluding carboxylic acids is 2. The van der Waals surface area contributed by atoms with Crippen molar-refractivity contribution in [1.82, 2.24) is 0 Å². The van der Waals surface area contributed by atoms with Crippen LogP contribution in [-0.2, 0) is 19.1 Å². The molecule has 0 aliphatic heterocycles. The van der Waals surface area contributed by atoms with Gasteiger partial charge in [0.25, 0.3) is 0 Å². The lowest BCUT2D eigenvalue weighted by Crippen LogP contribution is -2.38. The van der Waals surface area contributed by atoms with Crippen LogP contribution < -0.4 is 0 Å². The topological polar surface area (TPSA) is 72.8 Å². The molecule has 5 heteroatoms. The van der Waals surface area contributed by atoms with Crippen LogP contribution in [0.25, 0.3) is 0 Å². The van der Waals surface area contributed by atoms with Crippen molar-refractivity contribution in [2.45, 2.75) is 77.4 Å². The Morgan fingerprint density at radius 2 is 2.11 bits per heavy atom. The predicted octanol–water partition coefficient (Wildman–Crippen LogP) is 3.99. The molecule has 0 aromatic heterocycles. The summed E-state index contributed by atoms with van der Waals surface area (Å²) in [4.78, 5) is 23.2. The highest BCUT2D eigenvalue weighted by Gasteiger charge is 2.33. The van der Waals surface area contributed by atoms with Gasteiger partial charge >= 0.3 is 5.97 Å². The van der Waals surface area contributed by atoms with Crippen molar-refractivity contribution in [2.75, 3.05) is 13.7 Å². The van der Waals surface area contributed by atoms with Gasteiger partial charge in [0.15, 0.2) is 0 Å². The van der Waals surface area contributed by atoms with Crippen molar-refractivity contribution in [3.63, 3.8) is 0 Å². The summed E-state index contributed by atoms with van der Waals surface area (Å²) in [6.45, 7) is 6.43. The number of aliphatic hydroxyl groups excluding tert-OH is 1. The molecule has 1 saturated carbocycles. The number of aliphatic hydroxyl groups is 1. The van der Waals surface area contributed by atoms with Gasteiger partial charge in [-0.05, 0) is 51.9 Å². The molecule has 1 aliphatic rings. The molecule has 0 spiro atoms. The van der Waals surface area contributed by atoms with E-state index < -0.39 is 11.7 Å². The second kappa shape index (κ2) is 12.1.